The number of aromatic nitrogens is 2. The lowest BCUT2D eigenvalue weighted by atomic mass is 9.98. The first-order chi connectivity index (χ1) is 14.5. The summed E-state index contributed by atoms with van der Waals surface area (Å²) in [5, 5.41) is 13.2. The van der Waals surface area contributed by atoms with Crippen LogP contribution < -0.4 is 20.9 Å². The van der Waals surface area contributed by atoms with Crippen molar-refractivity contribution in [3.63, 3.8) is 0 Å². The SMILES string of the molecule is CC(C)NP(=O)(OC[C@H]1O[C@@H](n2ccc(=O)[nH]c2=O)[C@](C)(F)[C@@H]1O)Oc1ccccc1. The zero-order valence-electron chi connectivity index (χ0n) is 17.2. The number of rotatable bonds is 8. The summed E-state index contributed by atoms with van der Waals surface area (Å²) < 4.78 is 45.8. The second-order valence-electron chi connectivity index (χ2n) is 7.62. The van der Waals surface area contributed by atoms with Crippen LogP contribution in [0, 0.1) is 0 Å². The second kappa shape index (κ2) is 9.05. The summed E-state index contributed by atoms with van der Waals surface area (Å²) in [6.45, 7) is 4.05. The van der Waals surface area contributed by atoms with Crippen molar-refractivity contribution in [3.8, 4) is 5.75 Å². The monoisotopic (exact) mass is 457 g/mol. The van der Waals surface area contributed by atoms with E-state index in [4.69, 9.17) is 13.8 Å². The zero-order chi connectivity index (χ0) is 22.8. The van der Waals surface area contributed by atoms with Gasteiger partial charge in [0, 0.05) is 18.3 Å². The number of nitrogens with one attached hydrogen (secondary N) is 2. The highest BCUT2D eigenvalue weighted by molar-refractivity contribution is 7.52. The van der Waals surface area contributed by atoms with E-state index in [1.807, 2.05) is 4.98 Å². The number of halogens is 1. The van der Waals surface area contributed by atoms with Gasteiger partial charge in [0.15, 0.2) is 11.9 Å². The number of aliphatic hydroxyl groups excluding tert-OH is 1. The van der Waals surface area contributed by atoms with E-state index in [0.29, 0.717) is 5.75 Å². The molecule has 0 amide bonds. The minimum atomic E-state index is -3.91. The van der Waals surface area contributed by atoms with Crippen molar-refractivity contribution in [2.24, 2.45) is 0 Å². The predicted octanol–water partition coefficient (Wildman–Crippen LogP) is 1.72. The van der Waals surface area contributed by atoms with Crippen molar-refractivity contribution in [2.45, 2.75) is 50.9 Å². The van der Waals surface area contributed by atoms with Crippen molar-refractivity contribution < 1.29 is 27.8 Å². The van der Waals surface area contributed by atoms with Gasteiger partial charge in [-0.05, 0) is 32.9 Å². The van der Waals surface area contributed by atoms with Crippen molar-refractivity contribution in [1.82, 2.24) is 14.6 Å². The van der Waals surface area contributed by atoms with Crippen LogP contribution in [0.4, 0.5) is 4.39 Å². The second-order valence-corrected chi connectivity index (χ2v) is 9.32. The minimum absolute atomic E-state index is 0.275. The maximum atomic E-state index is 15.3. The molecule has 1 aliphatic rings. The average molecular weight is 457 g/mol. The van der Waals surface area contributed by atoms with E-state index in [0.717, 1.165) is 23.8 Å². The Labute approximate surface area is 177 Å². The highest BCUT2D eigenvalue weighted by Crippen LogP contribution is 2.47. The minimum Gasteiger partial charge on any atom is -0.413 e. The molecule has 1 unspecified atom stereocenters. The molecular formula is C19H25FN3O7P. The van der Waals surface area contributed by atoms with Gasteiger partial charge in [-0.2, -0.15) is 0 Å². The normalized spacial score (nSPS) is 27.9. The van der Waals surface area contributed by atoms with Gasteiger partial charge in [0.25, 0.3) is 5.56 Å². The molecule has 3 rings (SSSR count). The molecule has 1 aromatic carbocycles. The third-order valence-corrected chi connectivity index (χ3v) is 6.39. The first-order valence-electron chi connectivity index (χ1n) is 9.63. The van der Waals surface area contributed by atoms with Gasteiger partial charge >= 0.3 is 13.4 Å². The fourth-order valence-corrected chi connectivity index (χ4v) is 4.72. The van der Waals surface area contributed by atoms with Crippen LogP contribution in [-0.4, -0.2) is 45.2 Å². The fraction of sp³-hybridized carbons (Fsp3) is 0.474. The Morgan fingerprint density at radius 2 is 2.00 bits per heavy atom. The van der Waals surface area contributed by atoms with E-state index in [1.54, 1.807) is 44.2 Å². The van der Waals surface area contributed by atoms with Gasteiger partial charge in [-0.25, -0.2) is 18.8 Å². The van der Waals surface area contributed by atoms with Crippen molar-refractivity contribution in [2.75, 3.05) is 6.61 Å². The summed E-state index contributed by atoms with van der Waals surface area (Å²) in [7, 11) is -3.91. The van der Waals surface area contributed by atoms with Crippen molar-refractivity contribution in [1.29, 1.82) is 0 Å². The molecule has 0 radical (unpaired) electrons. The summed E-state index contributed by atoms with van der Waals surface area (Å²) in [5.41, 5.74) is -3.94. The first-order valence-corrected chi connectivity index (χ1v) is 11.2. The smallest absolute Gasteiger partial charge is 0.413 e. The number of aliphatic hydroxyl groups is 1. The molecule has 1 aliphatic heterocycles. The number of alkyl halides is 1. The van der Waals surface area contributed by atoms with Crippen molar-refractivity contribution in [3.05, 3.63) is 63.4 Å². The van der Waals surface area contributed by atoms with E-state index in [9.17, 15) is 19.3 Å². The van der Waals surface area contributed by atoms with E-state index >= 15 is 4.39 Å². The van der Waals surface area contributed by atoms with Crippen LogP contribution >= 0.6 is 7.75 Å². The van der Waals surface area contributed by atoms with Gasteiger partial charge in [0.05, 0.1) is 6.61 Å². The number of ether oxygens (including phenoxy) is 1. The van der Waals surface area contributed by atoms with Gasteiger partial charge < -0.3 is 14.4 Å². The van der Waals surface area contributed by atoms with Gasteiger partial charge in [0.1, 0.15) is 18.0 Å². The lowest BCUT2D eigenvalue weighted by Crippen LogP contribution is -2.43. The molecule has 0 saturated carbocycles. The molecule has 1 fully saturated rings. The summed E-state index contributed by atoms with van der Waals surface area (Å²) in [6.07, 6.45) is -3.43. The molecular weight excluding hydrogens is 432 g/mol. The van der Waals surface area contributed by atoms with Crippen LogP contribution in [0.1, 0.15) is 27.0 Å². The van der Waals surface area contributed by atoms with E-state index in [2.05, 4.69) is 5.09 Å². The van der Waals surface area contributed by atoms with Crippen LogP contribution in [0.5, 0.6) is 5.75 Å². The molecule has 0 bridgehead atoms. The molecule has 3 N–H and O–H groups in total. The van der Waals surface area contributed by atoms with E-state index in [1.165, 1.54) is 0 Å². The average Bonchev–Trinajstić information content (AvgIpc) is 2.90. The molecule has 1 aromatic heterocycles. The maximum Gasteiger partial charge on any atom is 0.459 e. The standard InChI is InChI=1S/C19H25FN3O7P/c1-12(2)22-31(27,30-13-7-5-4-6-8-13)28-11-14-16(25)19(3,20)17(29-14)23-10-9-15(24)21-18(23)26/h4-10,12,14,16-17,25H,11H2,1-3H3,(H,22,27)(H,21,24,26)/t14-,16-,17-,19-,31?/m1/s1. The molecule has 2 aromatic rings. The lowest BCUT2D eigenvalue weighted by Gasteiger charge is -2.25. The predicted molar refractivity (Wildman–Crippen MR) is 110 cm³/mol. The maximum absolute atomic E-state index is 15.3. The summed E-state index contributed by atoms with van der Waals surface area (Å²) >= 11 is 0. The molecule has 12 heteroatoms. The van der Waals surface area contributed by atoms with E-state index in [-0.39, 0.29) is 6.04 Å². The molecule has 5 atom stereocenters. The summed E-state index contributed by atoms with van der Waals surface area (Å²) in [6, 6.07) is 9.10. The Morgan fingerprint density at radius 3 is 2.61 bits per heavy atom. The Morgan fingerprint density at radius 1 is 1.32 bits per heavy atom. The lowest BCUT2D eigenvalue weighted by molar-refractivity contribution is -0.0593. The third-order valence-electron chi connectivity index (χ3n) is 4.61. The van der Waals surface area contributed by atoms with E-state index < -0.39 is 49.7 Å². The zero-order valence-corrected chi connectivity index (χ0v) is 18.1. The first kappa shape index (κ1) is 23.4. The van der Waals surface area contributed by atoms with Gasteiger partial charge in [-0.15, -0.1) is 0 Å². The largest absolute Gasteiger partial charge is 0.459 e. The molecule has 2 heterocycles. The number of benzene rings is 1. The van der Waals surface area contributed by atoms with Gasteiger partial charge in [0.2, 0.25) is 0 Å². The quantitative estimate of drug-likeness (QED) is 0.511. The Hall–Kier alpha value is -2.30. The fourth-order valence-electron chi connectivity index (χ4n) is 3.16. The number of hydrogen-bond acceptors (Lipinski definition) is 7. The number of hydrogen-bond donors (Lipinski definition) is 3. The Bertz CT molecular complexity index is 1060. The molecule has 31 heavy (non-hydrogen) atoms. The molecule has 170 valence electrons. The summed E-state index contributed by atoms with van der Waals surface area (Å²) in [5.74, 6) is 0.292. The number of H-pyrrole nitrogens is 1. The Balaban J connectivity index is 1.78. The molecule has 0 spiro atoms. The van der Waals surface area contributed by atoms with Crippen LogP contribution in [0.15, 0.2) is 52.2 Å². The van der Waals surface area contributed by atoms with Crippen LogP contribution in [0.2, 0.25) is 0 Å². The molecule has 10 nitrogen and oxygen atoms in total. The molecule has 1 saturated heterocycles. The van der Waals surface area contributed by atoms with Crippen molar-refractivity contribution >= 4 is 7.75 Å². The summed E-state index contributed by atoms with van der Waals surface area (Å²) in [4.78, 5) is 25.3. The highest BCUT2D eigenvalue weighted by atomic mass is 31.2. The van der Waals surface area contributed by atoms with Crippen LogP contribution in [-0.2, 0) is 13.8 Å². The van der Waals surface area contributed by atoms with Gasteiger partial charge in [-0.3, -0.25) is 18.9 Å². The van der Waals surface area contributed by atoms with Gasteiger partial charge in [-0.1, -0.05) is 18.2 Å². The number of para-hydroxylation sites is 1. The Kier molecular flexibility index (Phi) is 6.82. The van der Waals surface area contributed by atoms with Crippen LogP contribution in [0.3, 0.4) is 0 Å². The highest BCUT2D eigenvalue weighted by Gasteiger charge is 2.55. The number of aromatic amines is 1. The topological polar surface area (TPSA) is 132 Å². The third kappa shape index (κ3) is 5.31. The number of nitrogens with zero attached hydrogens (tertiary/aromatic N) is 1. The van der Waals surface area contributed by atoms with Crippen LogP contribution in [0.25, 0.3) is 0 Å². The molecule has 0 aliphatic carbocycles.